The molecule has 1 aliphatic rings. The van der Waals surface area contributed by atoms with Crippen LogP contribution in [0.3, 0.4) is 0 Å². The molecule has 0 aromatic carbocycles. The Labute approximate surface area is 157 Å². The maximum atomic E-state index is 12.9. The molecule has 1 amide bonds. The van der Waals surface area contributed by atoms with Crippen LogP contribution < -0.4 is 4.74 Å². The fourth-order valence-electron chi connectivity index (χ4n) is 3.36. The molecule has 1 aliphatic heterocycles. The van der Waals surface area contributed by atoms with Gasteiger partial charge in [-0.15, -0.1) is 0 Å². The van der Waals surface area contributed by atoms with E-state index in [9.17, 15) is 4.79 Å². The summed E-state index contributed by atoms with van der Waals surface area (Å²) in [6.07, 6.45) is 2.46. The van der Waals surface area contributed by atoms with Crippen molar-refractivity contribution < 1.29 is 9.53 Å². The minimum absolute atomic E-state index is 0.0511. The van der Waals surface area contributed by atoms with Crippen LogP contribution >= 0.6 is 0 Å². The van der Waals surface area contributed by atoms with E-state index in [1.807, 2.05) is 54.9 Å². The van der Waals surface area contributed by atoms with Crippen molar-refractivity contribution in [3.63, 3.8) is 0 Å². The number of carbonyl (C=O) groups excluding carboxylic acids is 1. The van der Waals surface area contributed by atoms with Gasteiger partial charge in [-0.3, -0.25) is 14.2 Å². The highest BCUT2D eigenvalue weighted by Crippen LogP contribution is 2.24. The van der Waals surface area contributed by atoms with Crippen LogP contribution in [0.4, 0.5) is 0 Å². The lowest BCUT2D eigenvalue weighted by atomic mass is 10.0. The molecule has 0 radical (unpaired) electrons. The van der Waals surface area contributed by atoms with Crippen LogP contribution in [0.25, 0.3) is 0 Å². The standard InChI is InChI=1S/C19H22N6O2/c1-13-10-15(21-23(13)2)19(26)25-9-7-17-14(11-25)16(22-24(17)3)12-27-18-6-4-5-8-20-18/h4-6,8,10H,7,9,11-12H2,1-3H3. The monoisotopic (exact) mass is 366 g/mol. The number of hydrogen-bond acceptors (Lipinski definition) is 5. The SMILES string of the molecule is Cc1cc(C(=O)N2CCc3c(c(COc4ccccn4)nn3C)C2)nn1C. The van der Waals surface area contributed by atoms with Crippen molar-refractivity contribution in [2.75, 3.05) is 6.54 Å². The molecule has 8 nitrogen and oxygen atoms in total. The molecule has 140 valence electrons. The summed E-state index contributed by atoms with van der Waals surface area (Å²) in [5.74, 6) is 0.509. The van der Waals surface area contributed by atoms with Crippen molar-refractivity contribution in [1.82, 2.24) is 29.4 Å². The molecule has 0 atom stereocenters. The number of carbonyl (C=O) groups is 1. The third-order valence-electron chi connectivity index (χ3n) is 4.94. The second-order valence-corrected chi connectivity index (χ2v) is 6.72. The van der Waals surface area contributed by atoms with Gasteiger partial charge in [0.1, 0.15) is 12.3 Å². The number of aromatic nitrogens is 5. The Kier molecular flexibility index (Phi) is 4.39. The van der Waals surface area contributed by atoms with Crippen LogP contribution in [0.15, 0.2) is 30.5 Å². The lowest BCUT2D eigenvalue weighted by Gasteiger charge is -2.27. The first-order valence-corrected chi connectivity index (χ1v) is 8.90. The Bertz CT molecular complexity index is 956. The van der Waals surface area contributed by atoms with E-state index in [4.69, 9.17) is 4.74 Å². The molecule has 0 unspecified atom stereocenters. The molecule has 0 saturated carbocycles. The van der Waals surface area contributed by atoms with Gasteiger partial charge in [0.05, 0.1) is 0 Å². The number of amides is 1. The first-order chi connectivity index (χ1) is 13.0. The second kappa shape index (κ2) is 6.86. The first-order valence-electron chi connectivity index (χ1n) is 8.90. The smallest absolute Gasteiger partial charge is 0.274 e. The van der Waals surface area contributed by atoms with Gasteiger partial charge in [0, 0.05) is 62.8 Å². The highest BCUT2D eigenvalue weighted by molar-refractivity contribution is 5.92. The average molecular weight is 366 g/mol. The summed E-state index contributed by atoms with van der Waals surface area (Å²) < 4.78 is 9.37. The van der Waals surface area contributed by atoms with Crippen molar-refractivity contribution in [3.8, 4) is 5.88 Å². The third-order valence-corrected chi connectivity index (χ3v) is 4.94. The summed E-state index contributed by atoms with van der Waals surface area (Å²) in [7, 11) is 3.78. The summed E-state index contributed by atoms with van der Waals surface area (Å²) in [6, 6.07) is 7.37. The fraction of sp³-hybridized carbons (Fsp3) is 0.368. The molecular weight excluding hydrogens is 344 g/mol. The Morgan fingerprint density at radius 3 is 2.78 bits per heavy atom. The molecule has 0 fully saturated rings. The van der Waals surface area contributed by atoms with Gasteiger partial charge >= 0.3 is 0 Å². The van der Waals surface area contributed by atoms with Crippen LogP contribution in [0.5, 0.6) is 5.88 Å². The van der Waals surface area contributed by atoms with E-state index in [1.54, 1.807) is 10.9 Å². The topological polar surface area (TPSA) is 78.1 Å². The van der Waals surface area contributed by atoms with Crippen LogP contribution in [-0.4, -0.2) is 41.9 Å². The van der Waals surface area contributed by atoms with Crippen LogP contribution in [-0.2, 0) is 33.7 Å². The van der Waals surface area contributed by atoms with E-state index in [-0.39, 0.29) is 5.91 Å². The average Bonchev–Trinajstić information content (AvgIpc) is 3.19. The summed E-state index contributed by atoms with van der Waals surface area (Å²) in [6.45, 7) is 3.43. The molecule has 8 heteroatoms. The van der Waals surface area contributed by atoms with E-state index < -0.39 is 0 Å². The van der Waals surface area contributed by atoms with Crippen LogP contribution in [0, 0.1) is 6.92 Å². The predicted octanol–water partition coefficient (Wildman–Crippen LogP) is 1.63. The third kappa shape index (κ3) is 3.30. The molecule has 4 heterocycles. The molecule has 3 aromatic heterocycles. The largest absolute Gasteiger partial charge is 0.471 e. The van der Waals surface area contributed by atoms with Gasteiger partial charge in [0.2, 0.25) is 5.88 Å². The molecule has 27 heavy (non-hydrogen) atoms. The lowest BCUT2D eigenvalue weighted by Crippen LogP contribution is -2.36. The molecule has 3 aromatic rings. The van der Waals surface area contributed by atoms with Crippen molar-refractivity contribution in [3.05, 3.63) is 58.8 Å². The Morgan fingerprint density at radius 2 is 2.07 bits per heavy atom. The van der Waals surface area contributed by atoms with Gasteiger partial charge in [0.25, 0.3) is 5.91 Å². The van der Waals surface area contributed by atoms with Gasteiger partial charge in [-0.25, -0.2) is 4.98 Å². The number of rotatable bonds is 4. The highest BCUT2D eigenvalue weighted by atomic mass is 16.5. The number of aryl methyl sites for hydroxylation is 3. The van der Waals surface area contributed by atoms with Crippen LogP contribution in [0.1, 0.15) is 33.1 Å². The molecular formula is C19H22N6O2. The maximum Gasteiger partial charge on any atom is 0.274 e. The maximum absolute atomic E-state index is 12.9. The van der Waals surface area contributed by atoms with Crippen molar-refractivity contribution in [1.29, 1.82) is 0 Å². The van der Waals surface area contributed by atoms with Crippen molar-refractivity contribution in [2.45, 2.75) is 26.5 Å². The van der Waals surface area contributed by atoms with Crippen molar-refractivity contribution >= 4 is 5.91 Å². The van der Waals surface area contributed by atoms with Crippen molar-refractivity contribution in [2.24, 2.45) is 14.1 Å². The number of nitrogens with zero attached hydrogens (tertiary/aromatic N) is 6. The minimum atomic E-state index is -0.0511. The van der Waals surface area contributed by atoms with E-state index in [0.29, 0.717) is 31.3 Å². The number of hydrogen-bond donors (Lipinski definition) is 0. The predicted molar refractivity (Wildman–Crippen MR) is 98.2 cm³/mol. The zero-order valence-corrected chi connectivity index (χ0v) is 15.7. The quantitative estimate of drug-likeness (QED) is 0.701. The highest BCUT2D eigenvalue weighted by Gasteiger charge is 2.28. The van der Waals surface area contributed by atoms with Crippen LogP contribution in [0.2, 0.25) is 0 Å². The normalized spacial score (nSPS) is 13.5. The number of fused-ring (bicyclic) bond motifs is 1. The van der Waals surface area contributed by atoms with E-state index in [1.165, 1.54) is 0 Å². The van der Waals surface area contributed by atoms with E-state index in [2.05, 4.69) is 15.2 Å². The second-order valence-electron chi connectivity index (χ2n) is 6.72. The first kappa shape index (κ1) is 17.3. The summed E-state index contributed by atoms with van der Waals surface area (Å²) in [5.41, 5.74) is 4.49. The van der Waals surface area contributed by atoms with Gasteiger partial charge in [-0.2, -0.15) is 10.2 Å². The summed E-state index contributed by atoms with van der Waals surface area (Å²) in [5, 5.41) is 8.91. The number of pyridine rings is 1. The minimum Gasteiger partial charge on any atom is -0.471 e. The van der Waals surface area contributed by atoms with Gasteiger partial charge in [0.15, 0.2) is 5.69 Å². The summed E-state index contributed by atoms with van der Waals surface area (Å²) >= 11 is 0. The number of ether oxygens (including phenoxy) is 1. The summed E-state index contributed by atoms with van der Waals surface area (Å²) in [4.78, 5) is 18.9. The Morgan fingerprint density at radius 1 is 1.22 bits per heavy atom. The zero-order chi connectivity index (χ0) is 19.0. The lowest BCUT2D eigenvalue weighted by molar-refractivity contribution is 0.0725. The molecule has 0 saturated heterocycles. The van der Waals surface area contributed by atoms with Gasteiger partial charge < -0.3 is 9.64 Å². The van der Waals surface area contributed by atoms with Gasteiger partial charge in [-0.1, -0.05) is 6.07 Å². The fourth-order valence-corrected chi connectivity index (χ4v) is 3.36. The van der Waals surface area contributed by atoms with E-state index >= 15 is 0 Å². The van der Waals surface area contributed by atoms with E-state index in [0.717, 1.165) is 29.1 Å². The zero-order valence-electron chi connectivity index (χ0n) is 15.7. The molecule has 4 rings (SSSR count). The Balaban J connectivity index is 1.53. The molecule has 0 N–H and O–H groups in total. The Hall–Kier alpha value is -3.16. The molecule has 0 spiro atoms. The molecule has 0 bridgehead atoms. The molecule has 0 aliphatic carbocycles. The van der Waals surface area contributed by atoms with Gasteiger partial charge in [-0.05, 0) is 19.1 Å².